The smallest absolute Gasteiger partial charge is 0.744 e. The van der Waals surface area contributed by atoms with Crippen molar-refractivity contribution in [2.24, 2.45) is 0 Å². The Bertz CT molecular complexity index is 1670. The van der Waals surface area contributed by atoms with Gasteiger partial charge in [-0.25, -0.2) is 16.8 Å². The molecular weight excluding hydrogens is 705 g/mol. The predicted molar refractivity (Wildman–Crippen MR) is 211 cm³/mol. The summed E-state index contributed by atoms with van der Waals surface area (Å²) in [6.45, 7) is 4.49. The summed E-state index contributed by atoms with van der Waals surface area (Å²) in [6.07, 6.45) is 25.5. The van der Waals surface area contributed by atoms with Crippen LogP contribution in [-0.4, -0.2) is 63.7 Å². The fourth-order valence-corrected chi connectivity index (χ4v) is 7.46. The largest absolute Gasteiger partial charge is 2.00 e. The number of hydrogen-bond acceptors (Lipinski definition) is 6. The third kappa shape index (κ3) is 17.9. The number of rotatable bonds is 22. The van der Waals surface area contributed by atoms with E-state index in [0.29, 0.717) is 0 Å². The first-order valence-electron chi connectivity index (χ1n) is 19.0. The van der Waals surface area contributed by atoms with Gasteiger partial charge < -0.3 is 9.11 Å². The van der Waals surface area contributed by atoms with Crippen molar-refractivity contribution in [3.8, 4) is 0 Å². The van der Waals surface area contributed by atoms with Gasteiger partial charge in [0.1, 0.15) is 20.2 Å². The molecule has 0 spiro atoms. The Morgan fingerprint density at radius 1 is 0.392 bits per heavy atom. The van der Waals surface area contributed by atoms with Gasteiger partial charge in [0, 0.05) is 0 Å². The molecule has 0 radical (unpaired) electrons. The van der Waals surface area contributed by atoms with E-state index >= 15 is 0 Å². The van der Waals surface area contributed by atoms with Gasteiger partial charge in [-0.2, -0.15) is 0 Å². The Morgan fingerprint density at radius 3 is 1.00 bits per heavy atom. The monoisotopic (exact) mass is 762 g/mol. The zero-order chi connectivity index (χ0) is 36.2. The van der Waals surface area contributed by atoms with Gasteiger partial charge in [0.15, 0.2) is 0 Å². The molecule has 0 bridgehead atoms. The molecule has 4 aromatic carbocycles. The van der Waals surface area contributed by atoms with Crippen LogP contribution in [0.4, 0.5) is 0 Å². The summed E-state index contributed by atoms with van der Waals surface area (Å²) in [5.74, 6) is 0. The molecule has 0 N–H and O–H groups in total. The predicted octanol–water partition coefficient (Wildman–Crippen LogP) is 11.3. The van der Waals surface area contributed by atoms with E-state index in [9.17, 15) is 25.9 Å². The molecule has 9 heteroatoms. The van der Waals surface area contributed by atoms with Crippen molar-refractivity contribution in [2.45, 2.75) is 152 Å². The third-order valence-electron chi connectivity index (χ3n) is 9.47. The Balaban J connectivity index is 0.000000347. The normalized spacial score (nSPS) is 11.7. The second-order valence-corrected chi connectivity index (χ2v) is 16.5. The molecule has 0 fully saturated rings. The van der Waals surface area contributed by atoms with E-state index in [1.54, 1.807) is 12.1 Å². The molecule has 0 unspecified atom stereocenters. The molecule has 0 aromatic heterocycles. The molecule has 0 aliphatic carbocycles. The minimum absolute atomic E-state index is 0. The molecule has 0 saturated carbocycles. The molecular formula is C42H58CaO6S2. The van der Waals surface area contributed by atoms with Gasteiger partial charge in [-0.05, 0) is 82.6 Å². The van der Waals surface area contributed by atoms with Crippen LogP contribution in [0.2, 0.25) is 0 Å². The Hall–Kier alpha value is -1.52. The zero-order valence-corrected chi connectivity index (χ0v) is 34.9. The first-order chi connectivity index (χ1) is 24.0. The molecule has 0 heterocycles. The quantitative estimate of drug-likeness (QED) is 0.0447. The van der Waals surface area contributed by atoms with E-state index in [4.69, 9.17) is 0 Å². The van der Waals surface area contributed by atoms with Crippen molar-refractivity contribution in [2.75, 3.05) is 0 Å². The Kier molecular flexibility index (Phi) is 22.1. The molecule has 6 nitrogen and oxygen atoms in total. The van der Waals surface area contributed by atoms with Crippen LogP contribution in [0.25, 0.3) is 21.5 Å². The number of fused-ring (bicyclic) bond motifs is 2. The molecule has 0 aliphatic rings. The van der Waals surface area contributed by atoms with Crippen molar-refractivity contribution in [3.63, 3.8) is 0 Å². The van der Waals surface area contributed by atoms with Crippen LogP contribution in [0.15, 0.2) is 82.6 Å². The summed E-state index contributed by atoms with van der Waals surface area (Å²) < 4.78 is 67.0. The Morgan fingerprint density at radius 2 is 0.686 bits per heavy atom. The van der Waals surface area contributed by atoms with Crippen molar-refractivity contribution in [3.05, 3.63) is 83.9 Å². The summed E-state index contributed by atoms with van der Waals surface area (Å²) in [7, 11) is -8.79. The van der Waals surface area contributed by atoms with Gasteiger partial charge in [-0.3, -0.25) is 0 Å². The second kappa shape index (κ2) is 24.7. The van der Waals surface area contributed by atoms with Crippen molar-refractivity contribution in [1.29, 1.82) is 0 Å². The van der Waals surface area contributed by atoms with Crippen molar-refractivity contribution < 1.29 is 25.9 Å². The maximum atomic E-state index is 11.2. The van der Waals surface area contributed by atoms with Crippen LogP contribution in [0.3, 0.4) is 0 Å². The molecule has 51 heavy (non-hydrogen) atoms. The zero-order valence-electron chi connectivity index (χ0n) is 31.0. The average Bonchev–Trinajstić information content (AvgIpc) is 3.09. The molecule has 0 saturated heterocycles. The van der Waals surface area contributed by atoms with Crippen LogP contribution >= 0.6 is 0 Å². The molecule has 0 atom stereocenters. The van der Waals surface area contributed by atoms with Gasteiger partial charge in [0.05, 0.1) is 9.79 Å². The maximum absolute atomic E-state index is 11.2. The standard InChI is InChI=1S/2C21H30O3S.Ca/c2*1-2-3-4-5-6-7-8-9-10-11-18-12-13-19-14-15-21(25(22,23)24)17-20(19)16-18;/h2*12-17H,2-11H2,1H3,(H,22,23,24);/q;;+2/p-2. The SMILES string of the molecule is CCCCCCCCCCCc1ccc2ccc(S(=O)(=O)[O-])cc2c1.CCCCCCCCCCCc1ccc2ccc(S(=O)(=O)[O-])cc2c1.[Ca+2]. The fourth-order valence-electron chi connectivity index (χ4n) is 6.45. The molecule has 4 rings (SSSR count). The molecule has 4 aromatic rings. The summed E-state index contributed by atoms with van der Waals surface area (Å²) in [5, 5.41) is 3.57. The van der Waals surface area contributed by atoms with E-state index in [2.05, 4.69) is 26.0 Å². The first kappa shape index (κ1) is 45.6. The third-order valence-corrected chi connectivity index (χ3v) is 11.1. The summed E-state index contributed by atoms with van der Waals surface area (Å²) in [4.78, 5) is -0.305. The summed E-state index contributed by atoms with van der Waals surface area (Å²) in [6, 6.07) is 21.3. The number of unbranched alkanes of at least 4 members (excludes halogenated alkanes) is 16. The van der Waals surface area contributed by atoms with E-state index in [1.165, 1.54) is 138 Å². The van der Waals surface area contributed by atoms with Crippen LogP contribution in [0, 0.1) is 0 Å². The van der Waals surface area contributed by atoms with E-state index < -0.39 is 20.2 Å². The van der Waals surface area contributed by atoms with Gasteiger partial charge in [0.25, 0.3) is 0 Å². The molecule has 0 amide bonds. The van der Waals surface area contributed by atoms with Crippen LogP contribution in [-0.2, 0) is 33.1 Å². The minimum atomic E-state index is -4.39. The van der Waals surface area contributed by atoms with Gasteiger partial charge >= 0.3 is 37.7 Å². The number of hydrogen-bond donors (Lipinski definition) is 0. The number of benzene rings is 4. The second-order valence-electron chi connectivity index (χ2n) is 13.8. The number of aryl methyl sites for hydroxylation is 2. The van der Waals surface area contributed by atoms with Crippen LogP contribution < -0.4 is 0 Å². The van der Waals surface area contributed by atoms with Crippen LogP contribution in [0.5, 0.6) is 0 Å². The summed E-state index contributed by atoms with van der Waals surface area (Å²) >= 11 is 0. The Labute approximate surface area is 338 Å². The van der Waals surface area contributed by atoms with Crippen molar-refractivity contribution in [1.82, 2.24) is 0 Å². The summed E-state index contributed by atoms with van der Waals surface area (Å²) in [5.41, 5.74) is 2.41. The van der Waals surface area contributed by atoms with Gasteiger partial charge in [-0.15, -0.1) is 0 Å². The van der Waals surface area contributed by atoms with Gasteiger partial charge in [-0.1, -0.05) is 165 Å². The van der Waals surface area contributed by atoms with Crippen molar-refractivity contribution >= 4 is 79.5 Å². The van der Waals surface area contributed by atoms with E-state index in [0.717, 1.165) is 47.2 Å². The minimum Gasteiger partial charge on any atom is -0.744 e. The van der Waals surface area contributed by atoms with E-state index in [-0.39, 0.29) is 47.5 Å². The van der Waals surface area contributed by atoms with E-state index in [1.807, 2.05) is 24.3 Å². The fraction of sp³-hybridized carbons (Fsp3) is 0.524. The van der Waals surface area contributed by atoms with Crippen LogP contribution in [0.1, 0.15) is 141 Å². The topological polar surface area (TPSA) is 114 Å². The molecule has 0 aliphatic heterocycles. The average molecular weight is 763 g/mol. The maximum Gasteiger partial charge on any atom is 2.00 e. The molecule has 276 valence electrons. The van der Waals surface area contributed by atoms with Gasteiger partial charge in [0.2, 0.25) is 0 Å². The first-order valence-corrected chi connectivity index (χ1v) is 21.8.